The van der Waals surface area contributed by atoms with Gasteiger partial charge in [-0.05, 0) is 64.3 Å². The van der Waals surface area contributed by atoms with E-state index in [4.69, 9.17) is 4.74 Å². The van der Waals surface area contributed by atoms with E-state index in [0.29, 0.717) is 0 Å². The number of benzene rings is 1. The second-order valence-corrected chi connectivity index (χ2v) is 5.38. The average Bonchev–Trinajstić information content (AvgIpc) is 2.84. The van der Waals surface area contributed by atoms with Crippen LogP contribution in [-0.2, 0) is 6.42 Å². The molecule has 0 atom stereocenters. The molecule has 1 aromatic heterocycles. The summed E-state index contributed by atoms with van der Waals surface area (Å²) in [5.41, 5.74) is 2.54. The first kappa shape index (κ1) is 14.9. The number of H-pyrrole nitrogens is 1. The molecule has 20 heavy (non-hydrogen) atoms. The number of aromatic amines is 1. The zero-order valence-electron chi connectivity index (χ0n) is 12.7. The van der Waals surface area contributed by atoms with Gasteiger partial charge < -0.3 is 19.9 Å². The third-order valence-electron chi connectivity index (χ3n) is 3.41. The van der Waals surface area contributed by atoms with Crippen LogP contribution < -0.4 is 10.1 Å². The summed E-state index contributed by atoms with van der Waals surface area (Å²) < 4.78 is 5.80. The number of ether oxygens (including phenoxy) is 1. The van der Waals surface area contributed by atoms with Crippen LogP contribution >= 0.6 is 0 Å². The van der Waals surface area contributed by atoms with E-state index in [0.717, 1.165) is 38.3 Å². The SMILES string of the molecule is CNCCCOc1ccc2[nH]cc(CCN(C)C)c2c1. The summed E-state index contributed by atoms with van der Waals surface area (Å²) >= 11 is 0. The Bertz CT molecular complexity index is 534. The summed E-state index contributed by atoms with van der Waals surface area (Å²) in [6, 6.07) is 6.28. The number of nitrogens with zero attached hydrogens (tertiary/aromatic N) is 1. The summed E-state index contributed by atoms with van der Waals surface area (Å²) in [5, 5.41) is 4.40. The molecule has 0 aliphatic carbocycles. The van der Waals surface area contributed by atoms with Gasteiger partial charge in [0.15, 0.2) is 0 Å². The molecule has 2 N–H and O–H groups in total. The van der Waals surface area contributed by atoms with E-state index < -0.39 is 0 Å². The maximum absolute atomic E-state index is 5.80. The van der Waals surface area contributed by atoms with Gasteiger partial charge in [-0.1, -0.05) is 0 Å². The minimum Gasteiger partial charge on any atom is -0.494 e. The molecule has 4 nitrogen and oxygen atoms in total. The monoisotopic (exact) mass is 275 g/mol. The van der Waals surface area contributed by atoms with Crippen molar-refractivity contribution >= 4 is 10.9 Å². The number of rotatable bonds is 8. The molecule has 2 rings (SSSR count). The van der Waals surface area contributed by atoms with Gasteiger partial charge in [-0.15, -0.1) is 0 Å². The molecule has 1 aromatic carbocycles. The minimum absolute atomic E-state index is 0.754. The molecule has 0 aliphatic rings. The topological polar surface area (TPSA) is 40.3 Å². The van der Waals surface area contributed by atoms with E-state index in [-0.39, 0.29) is 0 Å². The first-order valence-corrected chi connectivity index (χ1v) is 7.23. The lowest BCUT2D eigenvalue weighted by Gasteiger charge is -2.09. The fraction of sp³-hybridized carbons (Fsp3) is 0.500. The molecule has 0 amide bonds. The van der Waals surface area contributed by atoms with Gasteiger partial charge >= 0.3 is 0 Å². The van der Waals surface area contributed by atoms with E-state index in [1.54, 1.807) is 0 Å². The minimum atomic E-state index is 0.754. The normalized spacial score (nSPS) is 11.4. The lowest BCUT2D eigenvalue weighted by Crippen LogP contribution is -2.14. The maximum Gasteiger partial charge on any atom is 0.120 e. The zero-order chi connectivity index (χ0) is 14.4. The third kappa shape index (κ3) is 3.99. The van der Waals surface area contributed by atoms with Crippen LogP contribution in [0.15, 0.2) is 24.4 Å². The Hall–Kier alpha value is -1.52. The largest absolute Gasteiger partial charge is 0.494 e. The standard InChI is InChI=1S/C16H25N3O/c1-17-8-4-10-20-14-5-6-16-15(11-14)13(12-18-16)7-9-19(2)3/h5-6,11-12,17-18H,4,7-10H2,1-3H3. The molecular formula is C16H25N3O. The average molecular weight is 275 g/mol. The molecule has 0 saturated heterocycles. The van der Waals surface area contributed by atoms with Crippen LogP contribution in [-0.4, -0.2) is 50.7 Å². The highest BCUT2D eigenvalue weighted by Crippen LogP contribution is 2.24. The van der Waals surface area contributed by atoms with Crippen molar-refractivity contribution in [2.75, 3.05) is 40.8 Å². The first-order chi connectivity index (χ1) is 9.70. The van der Waals surface area contributed by atoms with Gasteiger partial charge in [-0.2, -0.15) is 0 Å². The fourth-order valence-corrected chi connectivity index (χ4v) is 2.24. The Balaban J connectivity index is 2.04. The Kier molecular flexibility index (Phi) is 5.44. The van der Waals surface area contributed by atoms with Crippen molar-refractivity contribution in [2.45, 2.75) is 12.8 Å². The van der Waals surface area contributed by atoms with Crippen LogP contribution in [0, 0.1) is 0 Å². The number of fused-ring (bicyclic) bond motifs is 1. The van der Waals surface area contributed by atoms with Crippen molar-refractivity contribution in [2.24, 2.45) is 0 Å². The Morgan fingerprint density at radius 2 is 2.15 bits per heavy atom. The third-order valence-corrected chi connectivity index (χ3v) is 3.41. The van der Waals surface area contributed by atoms with Crippen molar-refractivity contribution in [3.63, 3.8) is 0 Å². The van der Waals surface area contributed by atoms with Crippen LogP contribution in [0.4, 0.5) is 0 Å². The molecule has 4 heteroatoms. The van der Waals surface area contributed by atoms with Crippen molar-refractivity contribution in [3.8, 4) is 5.75 Å². The lowest BCUT2D eigenvalue weighted by atomic mass is 10.1. The predicted octanol–water partition coefficient (Wildman–Crippen LogP) is 2.26. The van der Waals surface area contributed by atoms with Gasteiger partial charge in [0, 0.05) is 23.6 Å². The molecule has 0 radical (unpaired) electrons. The van der Waals surface area contributed by atoms with Crippen molar-refractivity contribution in [1.82, 2.24) is 15.2 Å². The molecule has 0 saturated carbocycles. The summed E-state index contributed by atoms with van der Waals surface area (Å²) in [6.07, 6.45) is 4.18. The second-order valence-electron chi connectivity index (χ2n) is 5.38. The number of nitrogens with one attached hydrogen (secondary N) is 2. The van der Waals surface area contributed by atoms with Crippen molar-refractivity contribution in [3.05, 3.63) is 30.0 Å². The van der Waals surface area contributed by atoms with Crippen LogP contribution in [0.3, 0.4) is 0 Å². The summed E-state index contributed by atoms with van der Waals surface area (Å²) in [5.74, 6) is 0.958. The van der Waals surface area contributed by atoms with Crippen molar-refractivity contribution in [1.29, 1.82) is 0 Å². The second kappa shape index (κ2) is 7.31. The van der Waals surface area contributed by atoms with Gasteiger partial charge in [0.2, 0.25) is 0 Å². The molecule has 0 aliphatic heterocycles. The van der Waals surface area contributed by atoms with E-state index in [9.17, 15) is 0 Å². The molecule has 0 unspecified atom stereocenters. The van der Waals surface area contributed by atoms with Crippen LogP contribution in [0.1, 0.15) is 12.0 Å². The molecule has 0 spiro atoms. The van der Waals surface area contributed by atoms with Gasteiger partial charge in [-0.3, -0.25) is 0 Å². The number of hydrogen-bond acceptors (Lipinski definition) is 3. The summed E-state index contributed by atoms with van der Waals surface area (Å²) in [6.45, 7) is 2.80. The van der Waals surface area contributed by atoms with Crippen LogP contribution in [0.2, 0.25) is 0 Å². The quantitative estimate of drug-likeness (QED) is 0.726. The van der Waals surface area contributed by atoms with Crippen LogP contribution in [0.5, 0.6) is 5.75 Å². The van der Waals surface area contributed by atoms with E-state index in [2.05, 4.69) is 47.6 Å². The number of hydrogen-bond donors (Lipinski definition) is 2. The summed E-state index contributed by atoms with van der Waals surface area (Å²) in [7, 11) is 6.17. The fourth-order valence-electron chi connectivity index (χ4n) is 2.24. The number of aromatic nitrogens is 1. The molecule has 110 valence electrons. The Morgan fingerprint density at radius 1 is 1.30 bits per heavy atom. The highest BCUT2D eigenvalue weighted by atomic mass is 16.5. The first-order valence-electron chi connectivity index (χ1n) is 7.23. The number of likely N-dealkylation sites (N-methyl/N-ethyl adjacent to an activating group) is 1. The Labute approximate surface area is 121 Å². The Morgan fingerprint density at radius 3 is 2.90 bits per heavy atom. The summed E-state index contributed by atoms with van der Waals surface area (Å²) in [4.78, 5) is 5.54. The van der Waals surface area contributed by atoms with Gasteiger partial charge in [0.25, 0.3) is 0 Å². The van der Waals surface area contributed by atoms with Crippen molar-refractivity contribution < 1.29 is 4.74 Å². The highest BCUT2D eigenvalue weighted by Gasteiger charge is 2.06. The van der Waals surface area contributed by atoms with E-state index in [1.165, 1.54) is 16.5 Å². The maximum atomic E-state index is 5.80. The molecular weight excluding hydrogens is 250 g/mol. The van der Waals surface area contributed by atoms with Gasteiger partial charge in [0.1, 0.15) is 5.75 Å². The zero-order valence-corrected chi connectivity index (χ0v) is 12.7. The van der Waals surface area contributed by atoms with E-state index in [1.807, 2.05) is 13.1 Å². The molecule has 0 fully saturated rings. The molecule has 0 bridgehead atoms. The highest BCUT2D eigenvalue weighted by molar-refractivity contribution is 5.84. The molecule has 2 aromatic rings. The van der Waals surface area contributed by atoms with Gasteiger partial charge in [-0.25, -0.2) is 0 Å². The predicted molar refractivity (Wildman–Crippen MR) is 84.6 cm³/mol. The molecule has 1 heterocycles. The lowest BCUT2D eigenvalue weighted by molar-refractivity contribution is 0.310. The smallest absolute Gasteiger partial charge is 0.120 e. The van der Waals surface area contributed by atoms with Crippen LogP contribution in [0.25, 0.3) is 10.9 Å². The van der Waals surface area contributed by atoms with Gasteiger partial charge in [0.05, 0.1) is 6.61 Å². The van der Waals surface area contributed by atoms with E-state index >= 15 is 0 Å².